The molecular formula is C20H27N5O2. The molecule has 4 rings (SSSR count). The third-order valence-corrected chi connectivity index (χ3v) is 5.43. The lowest BCUT2D eigenvalue weighted by Crippen LogP contribution is -2.33. The van der Waals surface area contributed by atoms with Gasteiger partial charge in [0.2, 0.25) is 5.95 Å². The Morgan fingerprint density at radius 3 is 2.63 bits per heavy atom. The Kier molecular flexibility index (Phi) is 5.03. The van der Waals surface area contributed by atoms with Crippen LogP contribution in [-0.4, -0.2) is 48.7 Å². The minimum atomic E-state index is 0.639. The van der Waals surface area contributed by atoms with Crippen LogP contribution in [0.3, 0.4) is 0 Å². The molecule has 1 aromatic carbocycles. The van der Waals surface area contributed by atoms with E-state index in [9.17, 15) is 0 Å². The minimum absolute atomic E-state index is 0.639. The van der Waals surface area contributed by atoms with Gasteiger partial charge in [-0.05, 0) is 37.5 Å². The Bertz CT molecular complexity index is 820. The van der Waals surface area contributed by atoms with Gasteiger partial charge < -0.3 is 20.1 Å². The average molecular weight is 369 g/mol. The fourth-order valence-electron chi connectivity index (χ4n) is 3.94. The Morgan fingerprint density at radius 1 is 1.07 bits per heavy atom. The average Bonchev–Trinajstić information content (AvgIpc) is 3.22. The highest BCUT2D eigenvalue weighted by Gasteiger charge is 2.24. The van der Waals surface area contributed by atoms with Crippen LogP contribution in [0.5, 0.6) is 11.5 Å². The van der Waals surface area contributed by atoms with E-state index in [4.69, 9.17) is 20.2 Å². The Hall–Kier alpha value is -2.54. The Morgan fingerprint density at radius 2 is 1.89 bits per heavy atom. The summed E-state index contributed by atoms with van der Waals surface area (Å²) >= 11 is 0. The molecule has 144 valence electrons. The van der Waals surface area contributed by atoms with Crippen molar-refractivity contribution in [2.75, 3.05) is 44.5 Å². The smallest absolute Gasteiger partial charge is 0.227 e. The molecule has 0 bridgehead atoms. The van der Waals surface area contributed by atoms with E-state index in [0.29, 0.717) is 5.82 Å². The first-order chi connectivity index (χ1) is 13.2. The second kappa shape index (κ2) is 7.60. The van der Waals surface area contributed by atoms with Crippen molar-refractivity contribution in [1.82, 2.24) is 14.9 Å². The van der Waals surface area contributed by atoms with Crippen LogP contribution < -0.4 is 20.1 Å². The molecule has 0 spiro atoms. The van der Waals surface area contributed by atoms with Crippen LogP contribution in [0.4, 0.5) is 11.8 Å². The van der Waals surface area contributed by atoms with Gasteiger partial charge in [-0.25, -0.2) is 4.98 Å². The van der Waals surface area contributed by atoms with Crippen molar-refractivity contribution in [3.8, 4) is 11.5 Å². The van der Waals surface area contributed by atoms with Crippen LogP contribution in [0, 0.1) is 0 Å². The molecule has 7 nitrogen and oxygen atoms in total. The number of methoxy groups -OCH3 is 2. The molecule has 0 saturated carbocycles. The van der Waals surface area contributed by atoms with Gasteiger partial charge in [0.15, 0.2) is 0 Å². The number of hydrogen-bond donors (Lipinski definition) is 1. The summed E-state index contributed by atoms with van der Waals surface area (Å²) in [4.78, 5) is 14.0. The number of anilines is 2. The molecular weight excluding hydrogens is 342 g/mol. The number of ether oxygens (including phenoxy) is 2. The van der Waals surface area contributed by atoms with Gasteiger partial charge in [0.25, 0.3) is 0 Å². The highest BCUT2D eigenvalue weighted by Crippen LogP contribution is 2.29. The summed E-state index contributed by atoms with van der Waals surface area (Å²) < 4.78 is 10.9. The van der Waals surface area contributed by atoms with Crippen LogP contribution in [0.25, 0.3) is 0 Å². The number of hydrogen-bond acceptors (Lipinski definition) is 7. The van der Waals surface area contributed by atoms with E-state index < -0.39 is 0 Å². The molecule has 7 heteroatoms. The maximum atomic E-state index is 6.26. The molecule has 27 heavy (non-hydrogen) atoms. The van der Waals surface area contributed by atoms with Crippen LogP contribution in [0.15, 0.2) is 18.2 Å². The highest BCUT2D eigenvalue weighted by molar-refractivity contribution is 5.49. The van der Waals surface area contributed by atoms with E-state index in [0.717, 1.165) is 73.4 Å². The van der Waals surface area contributed by atoms with Gasteiger partial charge in [0.05, 0.1) is 19.9 Å². The summed E-state index contributed by atoms with van der Waals surface area (Å²) in [5, 5.41) is 0. The standard InChI is InChI=1S/C20H27N5O2/c1-26-15-5-6-18(27-2)14(11-15)12-24-10-7-16-17(13-24)22-20(23-19(16)21)25-8-3-4-9-25/h5-6,11H,3-4,7-10,12-13H2,1-2H3,(H2,21,22,23). The topological polar surface area (TPSA) is 76.7 Å². The lowest BCUT2D eigenvalue weighted by atomic mass is 10.0. The molecule has 3 heterocycles. The van der Waals surface area contributed by atoms with Gasteiger partial charge in [-0.3, -0.25) is 4.90 Å². The lowest BCUT2D eigenvalue weighted by molar-refractivity contribution is 0.237. The van der Waals surface area contributed by atoms with E-state index in [1.807, 2.05) is 18.2 Å². The van der Waals surface area contributed by atoms with Crippen molar-refractivity contribution in [3.05, 3.63) is 35.0 Å². The van der Waals surface area contributed by atoms with Crippen molar-refractivity contribution in [1.29, 1.82) is 0 Å². The van der Waals surface area contributed by atoms with E-state index in [1.54, 1.807) is 14.2 Å². The lowest BCUT2D eigenvalue weighted by Gasteiger charge is -2.30. The zero-order valence-electron chi connectivity index (χ0n) is 16.1. The fourth-order valence-corrected chi connectivity index (χ4v) is 3.94. The zero-order valence-corrected chi connectivity index (χ0v) is 16.1. The van der Waals surface area contributed by atoms with Crippen molar-refractivity contribution in [2.24, 2.45) is 0 Å². The van der Waals surface area contributed by atoms with E-state index >= 15 is 0 Å². The molecule has 2 aliphatic rings. The SMILES string of the molecule is COc1ccc(OC)c(CN2CCc3c(N)nc(N4CCCC4)nc3C2)c1. The summed E-state index contributed by atoms with van der Waals surface area (Å²) in [5.74, 6) is 3.14. The molecule has 0 unspecified atom stereocenters. The quantitative estimate of drug-likeness (QED) is 0.866. The maximum Gasteiger partial charge on any atom is 0.227 e. The van der Waals surface area contributed by atoms with E-state index in [2.05, 4.69) is 14.8 Å². The summed E-state index contributed by atoms with van der Waals surface area (Å²) in [7, 11) is 3.38. The van der Waals surface area contributed by atoms with Crippen LogP contribution in [0.2, 0.25) is 0 Å². The number of aromatic nitrogens is 2. The third-order valence-electron chi connectivity index (χ3n) is 5.43. The normalized spacial score (nSPS) is 17.0. The van der Waals surface area contributed by atoms with Gasteiger partial charge in [0, 0.05) is 43.9 Å². The summed E-state index contributed by atoms with van der Waals surface area (Å²) in [5.41, 5.74) is 9.53. The second-order valence-corrected chi connectivity index (χ2v) is 7.17. The fraction of sp³-hybridized carbons (Fsp3) is 0.500. The molecule has 0 aliphatic carbocycles. The monoisotopic (exact) mass is 369 g/mol. The van der Waals surface area contributed by atoms with Crippen molar-refractivity contribution < 1.29 is 9.47 Å². The molecule has 2 aliphatic heterocycles. The van der Waals surface area contributed by atoms with Gasteiger partial charge in [0.1, 0.15) is 17.3 Å². The van der Waals surface area contributed by atoms with E-state index in [-0.39, 0.29) is 0 Å². The number of rotatable bonds is 5. The predicted octanol–water partition coefficient (Wildman–Crippen LogP) is 2.23. The molecule has 2 aromatic rings. The summed E-state index contributed by atoms with van der Waals surface area (Å²) in [6, 6.07) is 5.92. The molecule has 1 aromatic heterocycles. The predicted molar refractivity (Wildman–Crippen MR) is 105 cm³/mol. The number of nitrogen functional groups attached to an aromatic ring is 1. The first-order valence-electron chi connectivity index (χ1n) is 9.51. The van der Waals surface area contributed by atoms with Gasteiger partial charge in [-0.1, -0.05) is 0 Å². The largest absolute Gasteiger partial charge is 0.497 e. The van der Waals surface area contributed by atoms with Gasteiger partial charge in [-0.15, -0.1) is 0 Å². The molecule has 0 amide bonds. The molecule has 1 fully saturated rings. The van der Waals surface area contributed by atoms with Crippen LogP contribution in [-0.2, 0) is 19.5 Å². The van der Waals surface area contributed by atoms with E-state index in [1.165, 1.54) is 12.8 Å². The highest BCUT2D eigenvalue weighted by atomic mass is 16.5. The summed E-state index contributed by atoms with van der Waals surface area (Å²) in [6.45, 7) is 4.50. The number of nitrogens with zero attached hydrogens (tertiary/aromatic N) is 4. The number of fused-ring (bicyclic) bond motifs is 1. The number of benzene rings is 1. The number of nitrogens with two attached hydrogens (primary N) is 1. The van der Waals surface area contributed by atoms with Gasteiger partial charge >= 0.3 is 0 Å². The first kappa shape index (κ1) is 17.9. The van der Waals surface area contributed by atoms with Gasteiger partial charge in [-0.2, -0.15) is 4.98 Å². The van der Waals surface area contributed by atoms with Crippen molar-refractivity contribution >= 4 is 11.8 Å². The zero-order chi connectivity index (χ0) is 18.8. The minimum Gasteiger partial charge on any atom is -0.497 e. The van der Waals surface area contributed by atoms with Crippen molar-refractivity contribution in [2.45, 2.75) is 32.4 Å². The van der Waals surface area contributed by atoms with Crippen LogP contribution in [0.1, 0.15) is 29.7 Å². The summed E-state index contributed by atoms with van der Waals surface area (Å²) in [6.07, 6.45) is 3.26. The van der Waals surface area contributed by atoms with Crippen LogP contribution >= 0.6 is 0 Å². The molecule has 1 saturated heterocycles. The second-order valence-electron chi connectivity index (χ2n) is 7.17. The molecule has 0 atom stereocenters. The van der Waals surface area contributed by atoms with Crippen molar-refractivity contribution in [3.63, 3.8) is 0 Å². The first-order valence-corrected chi connectivity index (χ1v) is 9.51. The molecule has 2 N–H and O–H groups in total. The molecule has 0 radical (unpaired) electrons. The maximum absolute atomic E-state index is 6.26. The Balaban J connectivity index is 1.56. The third kappa shape index (κ3) is 3.64. The Labute approximate surface area is 160 Å².